The number of hydrogen-bond acceptors (Lipinski definition) is 3. The first-order chi connectivity index (χ1) is 13.0. The van der Waals surface area contributed by atoms with Crippen molar-refractivity contribution >= 4 is 29.1 Å². The Kier molecular flexibility index (Phi) is 7.44. The molecular weight excluding hydrogens is 334 g/mol. The van der Waals surface area contributed by atoms with Crippen LogP contribution in [0.2, 0.25) is 0 Å². The highest BCUT2D eigenvalue weighted by Crippen LogP contribution is 2.15. The summed E-state index contributed by atoms with van der Waals surface area (Å²) in [7, 11) is 0. The number of aliphatic imine (C=N–C) groups is 2. The fourth-order valence-electron chi connectivity index (χ4n) is 2.29. The Morgan fingerprint density at radius 3 is 2.22 bits per heavy atom. The minimum Gasteiger partial charge on any atom is -0.339 e. The van der Waals surface area contributed by atoms with Crippen LogP contribution in [0, 0.1) is 6.92 Å². The van der Waals surface area contributed by atoms with Gasteiger partial charge in [0.05, 0.1) is 5.71 Å². The second kappa shape index (κ2) is 10.0. The summed E-state index contributed by atoms with van der Waals surface area (Å²) in [4.78, 5) is 19.8. The number of aldehydes is 1. The average molecular weight is 359 g/mol. The number of carbonyl (C=O) groups excluding carboxylic acids is 1. The summed E-state index contributed by atoms with van der Waals surface area (Å²) in [5.41, 5.74) is 5.69. The molecule has 2 rings (SSSR count). The van der Waals surface area contributed by atoms with E-state index in [1.807, 2.05) is 45.2 Å². The fraction of sp³-hybridized carbons (Fsp3) is 0.174. The molecule has 0 fully saturated rings. The van der Waals surface area contributed by atoms with Crippen LogP contribution in [0.5, 0.6) is 0 Å². The van der Waals surface area contributed by atoms with Crippen molar-refractivity contribution in [2.75, 3.05) is 5.32 Å². The lowest BCUT2D eigenvalue weighted by Gasteiger charge is -2.09. The molecule has 0 atom stereocenters. The molecule has 0 bridgehead atoms. The molecule has 0 aliphatic heterocycles. The number of benzene rings is 2. The molecule has 4 heteroatoms. The third-order valence-electron chi connectivity index (χ3n) is 3.96. The van der Waals surface area contributed by atoms with E-state index in [1.165, 1.54) is 5.56 Å². The monoisotopic (exact) mass is 359 g/mol. The average Bonchev–Trinajstić information content (AvgIpc) is 2.70. The van der Waals surface area contributed by atoms with Crippen molar-refractivity contribution in [3.8, 4) is 0 Å². The molecule has 0 unspecified atom stereocenters. The van der Waals surface area contributed by atoms with Gasteiger partial charge in [0, 0.05) is 23.7 Å². The number of anilines is 1. The summed E-state index contributed by atoms with van der Waals surface area (Å²) in [5.74, 6) is 0.653. The first kappa shape index (κ1) is 20.0. The van der Waals surface area contributed by atoms with Crippen molar-refractivity contribution in [2.45, 2.75) is 27.7 Å². The van der Waals surface area contributed by atoms with E-state index in [4.69, 9.17) is 0 Å². The topological polar surface area (TPSA) is 53.8 Å². The largest absolute Gasteiger partial charge is 0.339 e. The number of amidine groups is 1. The van der Waals surface area contributed by atoms with Gasteiger partial charge in [-0.3, -0.25) is 9.79 Å². The minimum absolute atomic E-state index is 0.634. The SMILES string of the molecule is C/C=C\N=C(Nc1ccc(C=O)cc1)C(C)=N/C=C(\C)c1ccc(C)cc1. The smallest absolute Gasteiger partial charge is 0.151 e. The van der Waals surface area contributed by atoms with Gasteiger partial charge in [-0.2, -0.15) is 0 Å². The molecule has 1 N–H and O–H groups in total. The van der Waals surface area contributed by atoms with Gasteiger partial charge in [0.2, 0.25) is 0 Å². The fourth-order valence-corrected chi connectivity index (χ4v) is 2.29. The molecule has 0 aromatic heterocycles. The lowest BCUT2D eigenvalue weighted by atomic mass is 10.1. The molecule has 2 aromatic carbocycles. The maximum atomic E-state index is 10.8. The first-order valence-corrected chi connectivity index (χ1v) is 8.83. The quantitative estimate of drug-likeness (QED) is 0.410. The van der Waals surface area contributed by atoms with E-state index < -0.39 is 0 Å². The molecule has 0 aliphatic rings. The Morgan fingerprint density at radius 2 is 1.63 bits per heavy atom. The Labute approximate surface area is 161 Å². The van der Waals surface area contributed by atoms with E-state index in [-0.39, 0.29) is 0 Å². The molecule has 0 radical (unpaired) electrons. The first-order valence-electron chi connectivity index (χ1n) is 8.83. The maximum absolute atomic E-state index is 10.8. The molecule has 0 saturated carbocycles. The Balaban J connectivity index is 2.23. The third kappa shape index (κ3) is 6.19. The number of hydrogen-bond donors (Lipinski definition) is 1. The van der Waals surface area contributed by atoms with Crippen LogP contribution in [0.25, 0.3) is 5.57 Å². The van der Waals surface area contributed by atoms with Gasteiger partial charge in [-0.1, -0.05) is 35.9 Å². The Bertz CT molecular complexity index is 886. The summed E-state index contributed by atoms with van der Waals surface area (Å²) >= 11 is 0. The molecule has 0 spiro atoms. The number of aryl methyl sites for hydroxylation is 1. The van der Waals surface area contributed by atoms with Crippen LogP contribution in [-0.2, 0) is 0 Å². The summed E-state index contributed by atoms with van der Waals surface area (Å²) in [6.45, 7) is 7.93. The van der Waals surface area contributed by atoms with E-state index in [2.05, 4.69) is 46.5 Å². The van der Waals surface area contributed by atoms with E-state index in [1.54, 1.807) is 18.3 Å². The van der Waals surface area contributed by atoms with Gasteiger partial charge in [-0.15, -0.1) is 0 Å². The summed E-state index contributed by atoms with van der Waals surface area (Å²) < 4.78 is 0. The van der Waals surface area contributed by atoms with Gasteiger partial charge in [-0.25, -0.2) is 4.99 Å². The predicted molar refractivity (Wildman–Crippen MR) is 116 cm³/mol. The number of allylic oxidation sites excluding steroid dienone is 2. The van der Waals surface area contributed by atoms with E-state index in [0.717, 1.165) is 28.8 Å². The Morgan fingerprint density at radius 1 is 0.963 bits per heavy atom. The summed E-state index contributed by atoms with van der Waals surface area (Å²) in [5, 5.41) is 3.26. The van der Waals surface area contributed by atoms with Gasteiger partial charge < -0.3 is 5.32 Å². The van der Waals surface area contributed by atoms with Gasteiger partial charge >= 0.3 is 0 Å². The van der Waals surface area contributed by atoms with Crippen LogP contribution < -0.4 is 5.32 Å². The van der Waals surface area contributed by atoms with E-state index >= 15 is 0 Å². The van der Waals surface area contributed by atoms with Crippen molar-refractivity contribution in [3.05, 3.63) is 83.7 Å². The highest BCUT2D eigenvalue weighted by atomic mass is 16.1. The molecule has 138 valence electrons. The minimum atomic E-state index is 0.634. The highest BCUT2D eigenvalue weighted by molar-refractivity contribution is 6.45. The van der Waals surface area contributed by atoms with Gasteiger partial charge in [0.15, 0.2) is 5.84 Å². The highest BCUT2D eigenvalue weighted by Gasteiger charge is 2.04. The van der Waals surface area contributed by atoms with Crippen LogP contribution >= 0.6 is 0 Å². The Hall–Kier alpha value is -3.27. The van der Waals surface area contributed by atoms with Crippen LogP contribution in [0.15, 0.2) is 77.0 Å². The van der Waals surface area contributed by atoms with Crippen LogP contribution in [0.4, 0.5) is 5.69 Å². The van der Waals surface area contributed by atoms with E-state index in [9.17, 15) is 4.79 Å². The lowest BCUT2D eigenvalue weighted by Crippen LogP contribution is -2.20. The zero-order chi connectivity index (χ0) is 19.6. The van der Waals surface area contributed by atoms with Crippen LogP contribution in [0.1, 0.15) is 42.3 Å². The maximum Gasteiger partial charge on any atom is 0.151 e. The second-order valence-electron chi connectivity index (χ2n) is 6.22. The molecule has 27 heavy (non-hydrogen) atoms. The van der Waals surface area contributed by atoms with Crippen molar-refractivity contribution in [1.82, 2.24) is 0 Å². The van der Waals surface area contributed by atoms with Gasteiger partial charge in [-0.05, 0) is 63.1 Å². The molecule has 4 nitrogen and oxygen atoms in total. The number of nitrogens with one attached hydrogen (secondary N) is 1. The van der Waals surface area contributed by atoms with Gasteiger partial charge in [0.25, 0.3) is 0 Å². The normalized spacial score (nSPS) is 13.1. The van der Waals surface area contributed by atoms with Gasteiger partial charge in [0.1, 0.15) is 6.29 Å². The lowest BCUT2D eigenvalue weighted by molar-refractivity contribution is 0.112. The van der Waals surface area contributed by atoms with Crippen molar-refractivity contribution in [2.24, 2.45) is 9.98 Å². The molecule has 0 heterocycles. The zero-order valence-corrected chi connectivity index (χ0v) is 16.2. The predicted octanol–water partition coefficient (Wildman–Crippen LogP) is 5.67. The number of rotatable bonds is 6. The van der Waals surface area contributed by atoms with Crippen molar-refractivity contribution in [1.29, 1.82) is 0 Å². The van der Waals surface area contributed by atoms with Crippen LogP contribution in [-0.4, -0.2) is 17.8 Å². The van der Waals surface area contributed by atoms with Crippen molar-refractivity contribution in [3.63, 3.8) is 0 Å². The molecule has 0 aliphatic carbocycles. The summed E-state index contributed by atoms with van der Waals surface area (Å²) in [6, 6.07) is 15.6. The second-order valence-corrected chi connectivity index (χ2v) is 6.22. The van der Waals surface area contributed by atoms with Crippen LogP contribution in [0.3, 0.4) is 0 Å². The van der Waals surface area contributed by atoms with Crippen molar-refractivity contribution < 1.29 is 4.79 Å². The van der Waals surface area contributed by atoms with E-state index in [0.29, 0.717) is 11.4 Å². The number of nitrogens with zero attached hydrogens (tertiary/aromatic N) is 2. The molecular formula is C23H25N3O. The molecule has 0 saturated heterocycles. The number of carbonyl (C=O) groups is 1. The summed E-state index contributed by atoms with van der Waals surface area (Å²) in [6.07, 6.45) is 6.25. The standard InChI is InChI=1S/C23H25N3O/c1-5-14-24-23(26-22-12-8-20(16-27)9-13-22)19(4)25-15-18(3)21-10-6-17(2)7-11-21/h5-16H,1-4H3,(H,24,26)/b14-5-,18-15+,25-19?. The molecule has 0 amide bonds. The molecule has 2 aromatic rings. The zero-order valence-electron chi connectivity index (χ0n) is 16.2. The third-order valence-corrected chi connectivity index (χ3v) is 3.96.